The second kappa shape index (κ2) is 12.7. The van der Waals surface area contributed by atoms with E-state index in [4.69, 9.17) is 16.3 Å². The van der Waals surface area contributed by atoms with Crippen LogP contribution >= 0.6 is 11.6 Å². The zero-order valence-electron chi connectivity index (χ0n) is 21.5. The van der Waals surface area contributed by atoms with Gasteiger partial charge in [0, 0.05) is 12.1 Å². The number of nitrogens with zero attached hydrogens (tertiary/aromatic N) is 1. The molecule has 0 saturated heterocycles. The zero-order chi connectivity index (χ0) is 25.4. The Morgan fingerprint density at radius 3 is 2.29 bits per heavy atom. The van der Waals surface area contributed by atoms with Gasteiger partial charge in [0.1, 0.15) is 18.6 Å². The quantitative estimate of drug-likeness (QED) is 0.255. The molecule has 0 fully saturated rings. The van der Waals surface area contributed by atoms with E-state index in [0.29, 0.717) is 22.9 Å². The van der Waals surface area contributed by atoms with Crippen LogP contribution in [0.2, 0.25) is 5.02 Å². The molecule has 0 unspecified atom stereocenters. The third-order valence-corrected chi connectivity index (χ3v) is 7.04. The summed E-state index contributed by atoms with van der Waals surface area (Å²) in [5, 5.41) is 0.447. The highest BCUT2D eigenvalue weighted by molar-refractivity contribution is 6.32. The van der Waals surface area contributed by atoms with Gasteiger partial charge in [0.25, 0.3) is 0 Å². The van der Waals surface area contributed by atoms with Crippen LogP contribution in [0.15, 0.2) is 54.6 Å². The second-order valence-corrected chi connectivity index (χ2v) is 9.28. The average Bonchev–Trinajstić information content (AvgIpc) is 2.86. The van der Waals surface area contributed by atoms with E-state index in [1.807, 2.05) is 13.0 Å². The Morgan fingerprint density at radius 2 is 1.60 bits per heavy atom. The first-order chi connectivity index (χ1) is 16.9. The fourth-order valence-corrected chi connectivity index (χ4v) is 4.55. The van der Waals surface area contributed by atoms with Crippen LogP contribution in [0.4, 0.5) is 0 Å². The summed E-state index contributed by atoms with van der Waals surface area (Å²) < 4.78 is 6.07. The van der Waals surface area contributed by atoms with E-state index >= 15 is 0 Å². The van der Waals surface area contributed by atoms with Crippen LogP contribution in [0.25, 0.3) is 17.2 Å². The number of halogens is 1. The summed E-state index contributed by atoms with van der Waals surface area (Å²) in [7, 11) is 0. The Kier molecular flexibility index (Phi) is 9.71. The Morgan fingerprint density at radius 1 is 0.914 bits per heavy atom. The Labute approximate surface area is 215 Å². The van der Waals surface area contributed by atoms with Crippen molar-refractivity contribution in [2.75, 3.05) is 19.6 Å². The minimum absolute atomic E-state index is 0.406. The molecular weight excluding hydrogens is 454 g/mol. The number of hydrogen-bond acceptors (Lipinski definition) is 3. The summed E-state index contributed by atoms with van der Waals surface area (Å²) >= 11 is 6.34. The molecule has 3 aromatic rings. The van der Waals surface area contributed by atoms with Gasteiger partial charge in [-0.25, -0.2) is 0 Å². The van der Waals surface area contributed by atoms with Crippen LogP contribution in [0.3, 0.4) is 0 Å². The van der Waals surface area contributed by atoms with Crippen molar-refractivity contribution < 1.29 is 9.53 Å². The SMILES string of the molecule is CCN(CC)CC/C=C/c1cccc(-c2cccc(COc3cc(C)c(C=O)cc3Cl)c2C)c1C. The van der Waals surface area contributed by atoms with Crippen molar-refractivity contribution in [1.82, 2.24) is 4.90 Å². The number of aryl methyl sites for hydroxylation is 1. The first-order valence-corrected chi connectivity index (χ1v) is 12.7. The van der Waals surface area contributed by atoms with E-state index in [2.05, 4.69) is 81.1 Å². The fraction of sp³-hybridized carbons (Fsp3) is 0.323. The zero-order valence-corrected chi connectivity index (χ0v) is 22.3. The van der Waals surface area contributed by atoms with Crippen LogP contribution in [-0.2, 0) is 6.61 Å². The fourth-order valence-electron chi connectivity index (χ4n) is 4.33. The molecule has 3 aromatic carbocycles. The molecule has 0 aromatic heterocycles. The van der Waals surface area contributed by atoms with Crippen molar-refractivity contribution in [3.05, 3.63) is 93.0 Å². The number of carbonyl (C=O) groups is 1. The monoisotopic (exact) mass is 489 g/mol. The van der Waals surface area contributed by atoms with Crippen LogP contribution in [-0.4, -0.2) is 30.8 Å². The molecule has 0 radical (unpaired) electrons. The van der Waals surface area contributed by atoms with Gasteiger partial charge < -0.3 is 9.64 Å². The molecule has 0 heterocycles. The smallest absolute Gasteiger partial charge is 0.150 e. The molecule has 0 aliphatic heterocycles. The van der Waals surface area contributed by atoms with E-state index in [1.165, 1.54) is 27.8 Å². The van der Waals surface area contributed by atoms with Gasteiger partial charge in [0.15, 0.2) is 0 Å². The summed E-state index contributed by atoms with van der Waals surface area (Å²) in [5.74, 6) is 0.590. The lowest BCUT2D eigenvalue weighted by Gasteiger charge is -2.17. The third-order valence-electron chi connectivity index (χ3n) is 6.75. The molecular formula is C31H36ClNO2. The largest absolute Gasteiger partial charge is 0.487 e. The minimum Gasteiger partial charge on any atom is -0.487 e. The Balaban J connectivity index is 1.80. The van der Waals surface area contributed by atoms with Crippen molar-refractivity contribution in [2.45, 2.75) is 47.6 Å². The molecule has 0 aliphatic carbocycles. The first-order valence-electron chi connectivity index (χ1n) is 12.3. The van der Waals surface area contributed by atoms with E-state index in [-0.39, 0.29) is 0 Å². The number of hydrogen-bond donors (Lipinski definition) is 0. The predicted molar refractivity (Wildman–Crippen MR) is 149 cm³/mol. The number of ether oxygens (including phenoxy) is 1. The van der Waals surface area contributed by atoms with Gasteiger partial charge in [-0.3, -0.25) is 4.79 Å². The molecule has 0 N–H and O–H groups in total. The van der Waals surface area contributed by atoms with Gasteiger partial charge in [-0.05, 0) is 91.4 Å². The Bertz CT molecular complexity index is 1190. The van der Waals surface area contributed by atoms with E-state index in [9.17, 15) is 4.79 Å². The summed E-state index contributed by atoms with van der Waals surface area (Å²) in [6.07, 6.45) is 6.39. The van der Waals surface area contributed by atoms with Crippen molar-refractivity contribution in [3.8, 4) is 16.9 Å². The molecule has 0 saturated carbocycles. The van der Waals surface area contributed by atoms with E-state index in [0.717, 1.165) is 43.5 Å². The molecule has 184 valence electrons. The second-order valence-electron chi connectivity index (χ2n) is 8.87. The number of benzene rings is 3. The van der Waals surface area contributed by atoms with Crippen molar-refractivity contribution in [2.24, 2.45) is 0 Å². The number of aldehydes is 1. The van der Waals surface area contributed by atoms with E-state index < -0.39 is 0 Å². The van der Waals surface area contributed by atoms with Gasteiger partial charge in [0.2, 0.25) is 0 Å². The summed E-state index contributed by atoms with van der Waals surface area (Å²) in [6, 6.07) is 16.3. The van der Waals surface area contributed by atoms with Crippen LogP contribution in [0.1, 0.15) is 58.4 Å². The average molecular weight is 490 g/mol. The maximum atomic E-state index is 11.2. The molecule has 0 bridgehead atoms. The normalized spacial score (nSPS) is 11.4. The summed E-state index contributed by atoms with van der Waals surface area (Å²) in [5.41, 5.74) is 8.70. The molecule has 0 aliphatic rings. The van der Waals surface area contributed by atoms with Gasteiger partial charge >= 0.3 is 0 Å². The Hall–Kier alpha value is -2.88. The van der Waals surface area contributed by atoms with Gasteiger partial charge in [0.05, 0.1) is 5.02 Å². The molecule has 3 rings (SSSR count). The topological polar surface area (TPSA) is 29.5 Å². The third kappa shape index (κ3) is 6.62. The van der Waals surface area contributed by atoms with Crippen LogP contribution < -0.4 is 4.74 Å². The molecule has 4 heteroatoms. The highest BCUT2D eigenvalue weighted by atomic mass is 35.5. The number of carbonyl (C=O) groups excluding carboxylic acids is 1. The van der Waals surface area contributed by atoms with Gasteiger partial charge in [-0.15, -0.1) is 0 Å². The van der Waals surface area contributed by atoms with E-state index in [1.54, 1.807) is 6.07 Å². The maximum absolute atomic E-state index is 11.2. The van der Waals surface area contributed by atoms with Crippen molar-refractivity contribution in [3.63, 3.8) is 0 Å². The predicted octanol–water partition coefficient (Wildman–Crippen LogP) is 8.07. The molecule has 3 nitrogen and oxygen atoms in total. The molecule has 0 atom stereocenters. The van der Waals surface area contributed by atoms with Crippen LogP contribution in [0.5, 0.6) is 5.75 Å². The van der Waals surface area contributed by atoms with Crippen molar-refractivity contribution >= 4 is 24.0 Å². The van der Waals surface area contributed by atoms with Crippen LogP contribution in [0, 0.1) is 20.8 Å². The number of rotatable bonds is 11. The highest BCUT2D eigenvalue weighted by Gasteiger charge is 2.12. The molecule has 0 amide bonds. The van der Waals surface area contributed by atoms with Gasteiger partial charge in [-0.2, -0.15) is 0 Å². The van der Waals surface area contributed by atoms with Gasteiger partial charge in [-0.1, -0.05) is 74.0 Å². The minimum atomic E-state index is 0.406. The lowest BCUT2D eigenvalue weighted by Crippen LogP contribution is -2.23. The maximum Gasteiger partial charge on any atom is 0.150 e. The lowest BCUT2D eigenvalue weighted by atomic mass is 9.91. The summed E-state index contributed by atoms with van der Waals surface area (Å²) in [4.78, 5) is 13.6. The standard InChI is InChI=1S/C31H36ClNO2/c1-6-33(7-2)17-9-8-12-25-13-10-15-28(23(25)4)29-16-11-14-26(24(29)5)21-35-31-18-22(3)27(20-34)19-30(31)32/h8,10-16,18-20H,6-7,9,17,21H2,1-5H3/b12-8+. The lowest BCUT2D eigenvalue weighted by molar-refractivity contribution is 0.112. The summed E-state index contributed by atoms with van der Waals surface area (Å²) in [6.45, 7) is 14.3. The molecule has 0 spiro atoms. The first kappa shape index (κ1) is 26.7. The van der Waals surface area contributed by atoms with Crippen molar-refractivity contribution in [1.29, 1.82) is 0 Å². The highest BCUT2D eigenvalue weighted by Crippen LogP contribution is 2.32. The molecule has 35 heavy (non-hydrogen) atoms.